The fraction of sp³-hybridized carbons (Fsp3) is 0.150. The molecular weight excluding hydrogens is 431 g/mol. The predicted molar refractivity (Wildman–Crippen MR) is 116 cm³/mol. The van der Waals surface area contributed by atoms with Crippen molar-refractivity contribution >= 4 is 51.4 Å². The van der Waals surface area contributed by atoms with Crippen LogP contribution in [0.5, 0.6) is 5.75 Å². The maximum absolute atomic E-state index is 12.7. The molecule has 0 unspecified atom stereocenters. The molecule has 2 heterocycles. The van der Waals surface area contributed by atoms with Crippen LogP contribution in [0, 0.1) is 0 Å². The minimum atomic E-state index is -1.13. The molecule has 29 heavy (non-hydrogen) atoms. The molecule has 6 nitrogen and oxygen atoms in total. The first kappa shape index (κ1) is 19.7. The molecule has 0 fully saturated rings. The molecule has 1 N–H and O–H groups in total. The highest BCUT2D eigenvalue weighted by molar-refractivity contribution is 7.15. The highest BCUT2D eigenvalue weighted by atomic mass is 35.5. The lowest BCUT2D eigenvalue weighted by atomic mass is 10.1. The number of rotatable bonds is 5. The second kappa shape index (κ2) is 7.67. The van der Waals surface area contributed by atoms with E-state index in [9.17, 15) is 4.79 Å². The molecule has 0 aliphatic heterocycles. The number of amides is 1. The largest absolute Gasteiger partial charge is 0.478 e. The Balaban J connectivity index is 1.53. The van der Waals surface area contributed by atoms with Crippen molar-refractivity contribution in [1.82, 2.24) is 14.6 Å². The smallest absolute Gasteiger partial charge is 0.270 e. The van der Waals surface area contributed by atoms with E-state index in [-0.39, 0.29) is 11.9 Å². The number of anilines is 1. The first-order valence-corrected chi connectivity index (χ1v) is 10.3. The lowest BCUT2D eigenvalue weighted by molar-refractivity contribution is -0.128. The van der Waals surface area contributed by atoms with Crippen LogP contribution in [0.3, 0.4) is 0 Å². The Bertz CT molecular complexity index is 1170. The Morgan fingerprint density at radius 3 is 2.34 bits per heavy atom. The zero-order valence-electron chi connectivity index (χ0n) is 15.5. The number of hydrogen-bond donors (Lipinski definition) is 1. The average molecular weight is 447 g/mol. The van der Waals surface area contributed by atoms with Crippen molar-refractivity contribution in [3.05, 3.63) is 64.0 Å². The van der Waals surface area contributed by atoms with E-state index >= 15 is 0 Å². The van der Waals surface area contributed by atoms with Gasteiger partial charge in [-0.05, 0) is 50.2 Å². The molecule has 9 heteroatoms. The molecular formula is C20H16Cl2N4O2S. The topological polar surface area (TPSA) is 68.5 Å². The SMILES string of the molecule is CC(C)(Oc1ccc(Cl)cc1)C(=O)Nc1nc2scc(-c3ccc(Cl)cc3)n2n1. The van der Waals surface area contributed by atoms with E-state index in [1.54, 1.807) is 42.6 Å². The third-order valence-electron chi connectivity index (χ3n) is 4.18. The van der Waals surface area contributed by atoms with Crippen molar-refractivity contribution in [3.8, 4) is 17.0 Å². The van der Waals surface area contributed by atoms with Crippen LogP contribution < -0.4 is 10.1 Å². The van der Waals surface area contributed by atoms with Crippen molar-refractivity contribution < 1.29 is 9.53 Å². The molecule has 0 aliphatic rings. The van der Waals surface area contributed by atoms with Gasteiger partial charge in [0.25, 0.3) is 11.9 Å². The summed E-state index contributed by atoms with van der Waals surface area (Å²) in [6, 6.07) is 14.3. The van der Waals surface area contributed by atoms with Crippen LogP contribution in [0.4, 0.5) is 5.95 Å². The van der Waals surface area contributed by atoms with E-state index in [1.807, 2.05) is 29.6 Å². The Kier molecular flexibility index (Phi) is 5.21. The van der Waals surface area contributed by atoms with E-state index in [4.69, 9.17) is 27.9 Å². The summed E-state index contributed by atoms with van der Waals surface area (Å²) in [5.74, 6) is 0.391. The number of hydrogen-bond acceptors (Lipinski definition) is 5. The van der Waals surface area contributed by atoms with Gasteiger partial charge in [0.1, 0.15) is 5.75 Å². The zero-order chi connectivity index (χ0) is 20.6. The standard InChI is InChI=1S/C20H16Cl2N4O2S/c1-20(2,28-15-9-7-14(22)8-10-15)17(27)23-18-24-19-26(25-18)16(11-29-19)12-3-5-13(21)6-4-12/h3-11H,1-2H3,(H,23,25,27). The summed E-state index contributed by atoms with van der Waals surface area (Å²) >= 11 is 13.3. The second-order valence-electron chi connectivity index (χ2n) is 6.78. The number of nitrogens with zero attached hydrogens (tertiary/aromatic N) is 3. The predicted octanol–water partition coefficient (Wildman–Crippen LogP) is 5.56. The summed E-state index contributed by atoms with van der Waals surface area (Å²) in [7, 11) is 0. The van der Waals surface area contributed by atoms with Gasteiger partial charge in [-0.3, -0.25) is 10.1 Å². The summed E-state index contributed by atoms with van der Waals surface area (Å²) in [6.45, 7) is 3.35. The maximum atomic E-state index is 12.7. The minimum Gasteiger partial charge on any atom is -0.478 e. The van der Waals surface area contributed by atoms with Crippen molar-refractivity contribution in [2.45, 2.75) is 19.4 Å². The maximum Gasteiger partial charge on any atom is 0.270 e. The first-order chi connectivity index (χ1) is 13.8. The monoisotopic (exact) mass is 446 g/mol. The lowest BCUT2D eigenvalue weighted by Gasteiger charge is -2.24. The summed E-state index contributed by atoms with van der Waals surface area (Å²) in [5.41, 5.74) is 0.687. The summed E-state index contributed by atoms with van der Waals surface area (Å²) in [4.78, 5) is 17.8. The molecule has 0 spiro atoms. The third-order valence-corrected chi connectivity index (χ3v) is 5.50. The van der Waals surface area contributed by atoms with Crippen molar-refractivity contribution in [3.63, 3.8) is 0 Å². The molecule has 4 rings (SSSR count). The first-order valence-electron chi connectivity index (χ1n) is 8.68. The number of aromatic nitrogens is 3. The van der Waals surface area contributed by atoms with E-state index in [1.165, 1.54) is 11.3 Å². The van der Waals surface area contributed by atoms with Crippen LogP contribution in [0.1, 0.15) is 13.8 Å². The van der Waals surface area contributed by atoms with Gasteiger partial charge >= 0.3 is 0 Å². The van der Waals surface area contributed by atoms with Crippen molar-refractivity contribution in [2.75, 3.05) is 5.32 Å². The van der Waals surface area contributed by atoms with E-state index in [2.05, 4.69) is 15.4 Å². The quantitative estimate of drug-likeness (QED) is 0.435. The van der Waals surface area contributed by atoms with Crippen molar-refractivity contribution in [1.29, 1.82) is 0 Å². The van der Waals surface area contributed by atoms with Crippen LogP contribution in [0.15, 0.2) is 53.9 Å². The summed E-state index contributed by atoms with van der Waals surface area (Å²) in [5, 5.41) is 10.4. The molecule has 0 radical (unpaired) electrons. The Labute approximate surface area is 181 Å². The van der Waals surface area contributed by atoms with Gasteiger partial charge in [-0.2, -0.15) is 4.98 Å². The number of benzene rings is 2. The second-order valence-corrected chi connectivity index (χ2v) is 8.49. The van der Waals surface area contributed by atoms with Crippen LogP contribution in [-0.4, -0.2) is 26.1 Å². The number of carbonyl (C=O) groups is 1. The minimum absolute atomic E-state index is 0.213. The fourth-order valence-electron chi connectivity index (χ4n) is 2.65. The van der Waals surface area contributed by atoms with Crippen LogP contribution in [-0.2, 0) is 4.79 Å². The number of ether oxygens (including phenoxy) is 1. The van der Waals surface area contributed by atoms with Crippen LogP contribution >= 0.6 is 34.5 Å². The summed E-state index contributed by atoms with van der Waals surface area (Å²) in [6.07, 6.45) is 0. The van der Waals surface area contributed by atoms with Gasteiger partial charge in [-0.25, -0.2) is 4.52 Å². The highest BCUT2D eigenvalue weighted by Gasteiger charge is 2.31. The molecule has 148 valence electrons. The molecule has 4 aromatic rings. The molecule has 0 atom stereocenters. The number of carbonyl (C=O) groups excluding carboxylic acids is 1. The Hall–Kier alpha value is -2.61. The van der Waals surface area contributed by atoms with Crippen LogP contribution in [0.25, 0.3) is 16.2 Å². The van der Waals surface area contributed by atoms with Gasteiger partial charge in [0.05, 0.1) is 5.69 Å². The van der Waals surface area contributed by atoms with Gasteiger partial charge < -0.3 is 4.74 Å². The van der Waals surface area contributed by atoms with Gasteiger partial charge in [0, 0.05) is 21.0 Å². The molecule has 0 aliphatic carbocycles. The van der Waals surface area contributed by atoms with Crippen LogP contribution in [0.2, 0.25) is 10.0 Å². The Morgan fingerprint density at radius 2 is 1.69 bits per heavy atom. The third kappa shape index (κ3) is 4.22. The van der Waals surface area contributed by atoms with Gasteiger partial charge in [0.2, 0.25) is 4.96 Å². The van der Waals surface area contributed by atoms with E-state index in [0.29, 0.717) is 20.8 Å². The van der Waals surface area contributed by atoms with Gasteiger partial charge in [0.15, 0.2) is 5.60 Å². The Morgan fingerprint density at radius 1 is 1.07 bits per heavy atom. The molecule has 0 saturated heterocycles. The summed E-state index contributed by atoms with van der Waals surface area (Å²) < 4.78 is 7.50. The lowest BCUT2D eigenvalue weighted by Crippen LogP contribution is -2.42. The van der Waals surface area contributed by atoms with Gasteiger partial charge in [-0.15, -0.1) is 16.4 Å². The average Bonchev–Trinajstić information content (AvgIpc) is 3.24. The normalized spacial score (nSPS) is 11.6. The van der Waals surface area contributed by atoms with E-state index in [0.717, 1.165) is 11.3 Å². The van der Waals surface area contributed by atoms with Crippen molar-refractivity contribution in [2.24, 2.45) is 0 Å². The molecule has 2 aromatic carbocycles. The zero-order valence-corrected chi connectivity index (χ0v) is 17.8. The number of fused-ring (bicyclic) bond motifs is 1. The molecule has 0 saturated carbocycles. The molecule has 2 aromatic heterocycles. The van der Waals surface area contributed by atoms with Gasteiger partial charge in [-0.1, -0.05) is 35.3 Å². The number of halogens is 2. The molecule has 0 bridgehead atoms. The fourth-order valence-corrected chi connectivity index (χ4v) is 3.73. The highest BCUT2D eigenvalue weighted by Crippen LogP contribution is 2.27. The van der Waals surface area contributed by atoms with E-state index < -0.39 is 5.60 Å². The number of nitrogens with one attached hydrogen (secondary N) is 1. The molecule has 1 amide bonds. The number of thiazole rings is 1.